The molecule has 176 valence electrons. The van der Waals surface area contributed by atoms with Crippen LogP contribution in [-0.4, -0.2) is 68.3 Å². The minimum atomic E-state index is -0.0899. The molecular weight excluding hydrogens is 468 g/mol. The number of hydrogen-bond donors (Lipinski definition) is 0. The highest BCUT2D eigenvalue weighted by Crippen LogP contribution is 2.37. The van der Waals surface area contributed by atoms with Crippen molar-refractivity contribution in [2.24, 2.45) is 0 Å². The Balaban J connectivity index is 1.43. The van der Waals surface area contributed by atoms with Crippen molar-refractivity contribution in [2.45, 2.75) is 23.2 Å². The van der Waals surface area contributed by atoms with Crippen LogP contribution in [0, 0.1) is 0 Å². The van der Waals surface area contributed by atoms with Gasteiger partial charge >= 0.3 is 0 Å². The Labute approximate surface area is 206 Å². The summed E-state index contributed by atoms with van der Waals surface area (Å²) in [4.78, 5) is 18.2. The van der Waals surface area contributed by atoms with Crippen LogP contribution in [0.25, 0.3) is 0 Å². The standard InChI is InChI=1S/C24H26N6O2S2/c1-17(18-7-4-3-5-8-18)30-23(25-26-27-30)22(20-10-11-21(33-2)34-20)28-12-14-29(15-13-28)24(31)19-9-6-16-32-19/h3-11,16-17,22H,12-15H2,1-2H3. The molecule has 0 spiro atoms. The van der Waals surface area contributed by atoms with Crippen LogP contribution in [0.15, 0.2) is 69.5 Å². The van der Waals surface area contributed by atoms with Gasteiger partial charge in [0.25, 0.3) is 5.91 Å². The van der Waals surface area contributed by atoms with E-state index in [9.17, 15) is 4.79 Å². The fourth-order valence-corrected chi connectivity index (χ4v) is 6.03. The minimum absolute atomic E-state index is 0.00416. The van der Waals surface area contributed by atoms with Crippen molar-refractivity contribution in [1.29, 1.82) is 0 Å². The summed E-state index contributed by atoms with van der Waals surface area (Å²) in [6.45, 7) is 4.79. The van der Waals surface area contributed by atoms with Gasteiger partial charge in [0.2, 0.25) is 0 Å². The van der Waals surface area contributed by atoms with Gasteiger partial charge in [-0.2, -0.15) is 0 Å². The van der Waals surface area contributed by atoms with E-state index < -0.39 is 0 Å². The average Bonchev–Trinajstić information content (AvgIpc) is 3.67. The van der Waals surface area contributed by atoms with E-state index >= 15 is 0 Å². The van der Waals surface area contributed by atoms with Crippen molar-refractivity contribution < 1.29 is 9.21 Å². The maximum atomic E-state index is 12.8. The van der Waals surface area contributed by atoms with E-state index in [1.54, 1.807) is 35.2 Å². The molecule has 0 bridgehead atoms. The number of furan rings is 1. The number of piperazine rings is 1. The number of thioether (sulfide) groups is 1. The number of aromatic nitrogens is 4. The lowest BCUT2D eigenvalue weighted by Crippen LogP contribution is -2.50. The summed E-state index contributed by atoms with van der Waals surface area (Å²) < 4.78 is 8.50. The summed E-state index contributed by atoms with van der Waals surface area (Å²) in [6.07, 6.45) is 3.62. The zero-order chi connectivity index (χ0) is 23.5. The topological polar surface area (TPSA) is 80.3 Å². The molecule has 1 fully saturated rings. The third kappa shape index (κ3) is 4.53. The monoisotopic (exact) mass is 494 g/mol. The van der Waals surface area contributed by atoms with Crippen LogP contribution < -0.4 is 0 Å². The first-order valence-corrected chi connectivity index (χ1v) is 13.2. The number of amides is 1. The molecule has 0 radical (unpaired) electrons. The second-order valence-corrected chi connectivity index (χ2v) is 10.4. The van der Waals surface area contributed by atoms with Gasteiger partial charge < -0.3 is 9.32 Å². The first kappa shape index (κ1) is 22.8. The first-order chi connectivity index (χ1) is 16.7. The van der Waals surface area contributed by atoms with E-state index in [0.717, 1.165) is 24.5 Å². The molecule has 10 heteroatoms. The molecule has 1 aliphatic rings. The summed E-state index contributed by atoms with van der Waals surface area (Å²) in [6, 6.07) is 18.0. The highest BCUT2D eigenvalue weighted by Gasteiger charge is 2.34. The predicted octanol–water partition coefficient (Wildman–Crippen LogP) is 4.21. The molecule has 5 rings (SSSR count). The van der Waals surface area contributed by atoms with E-state index in [1.165, 1.54) is 15.3 Å². The highest BCUT2D eigenvalue weighted by atomic mass is 32.2. The molecule has 34 heavy (non-hydrogen) atoms. The Hall–Kier alpha value is -2.95. The van der Waals surface area contributed by atoms with Crippen LogP contribution in [0.5, 0.6) is 0 Å². The second kappa shape index (κ2) is 10.1. The Kier molecular flexibility index (Phi) is 6.80. The van der Waals surface area contributed by atoms with Crippen molar-refractivity contribution in [3.05, 3.63) is 82.9 Å². The normalized spacial score (nSPS) is 16.5. The van der Waals surface area contributed by atoms with Gasteiger partial charge in [-0.05, 0) is 53.4 Å². The molecule has 1 saturated heterocycles. The Morgan fingerprint density at radius 3 is 2.53 bits per heavy atom. The van der Waals surface area contributed by atoms with Gasteiger partial charge in [-0.15, -0.1) is 28.2 Å². The summed E-state index contributed by atoms with van der Waals surface area (Å²) in [5, 5.41) is 13.0. The molecule has 2 atom stereocenters. The summed E-state index contributed by atoms with van der Waals surface area (Å²) in [5.74, 6) is 1.13. The van der Waals surface area contributed by atoms with Crippen LogP contribution >= 0.6 is 23.1 Å². The van der Waals surface area contributed by atoms with Crippen molar-refractivity contribution in [3.63, 3.8) is 0 Å². The van der Waals surface area contributed by atoms with E-state index in [4.69, 9.17) is 4.42 Å². The zero-order valence-corrected chi connectivity index (χ0v) is 20.7. The number of hydrogen-bond acceptors (Lipinski definition) is 8. The van der Waals surface area contributed by atoms with E-state index in [1.807, 2.05) is 27.8 Å². The van der Waals surface area contributed by atoms with Crippen LogP contribution in [-0.2, 0) is 0 Å². The molecule has 4 aromatic rings. The Morgan fingerprint density at radius 2 is 1.85 bits per heavy atom. The lowest BCUT2D eigenvalue weighted by atomic mass is 10.1. The lowest BCUT2D eigenvalue weighted by Gasteiger charge is -2.38. The molecule has 1 aliphatic heterocycles. The van der Waals surface area contributed by atoms with E-state index in [0.29, 0.717) is 18.8 Å². The number of nitrogens with zero attached hydrogens (tertiary/aromatic N) is 6. The molecule has 1 aromatic carbocycles. The van der Waals surface area contributed by atoms with E-state index in [-0.39, 0.29) is 18.0 Å². The van der Waals surface area contributed by atoms with Crippen LogP contribution in [0.4, 0.5) is 0 Å². The number of carbonyl (C=O) groups excluding carboxylic acids is 1. The zero-order valence-electron chi connectivity index (χ0n) is 19.1. The molecule has 0 N–H and O–H groups in total. The molecular formula is C24H26N6O2S2. The van der Waals surface area contributed by atoms with Crippen molar-refractivity contribution in [2.75, 3.05) is 32.4 Å². The van der Waals surface area contributed by atoms with Crippen LogP contribution in [0.2, 0.25) is 0 Å². The summed E-state index contributed by atoms with van der Waals surface area (Å²) >= 11 is 3.51. The highest BCUT2D eigenvalue weighted by molar-refractivity contribution is 8.00. The molecule has 1 amide bonds. The van der Waals surface area contributed by atoms with Crippen molar-refractivity contribution in [3.8, 4) is 0 Å². The van der Waals surface area contributed by atoms with E-state index in [2.05, 4.69) is 57.9 Å². The Bertz CT molecular complexity index is 1220. The van der Waals surface area contributed by atoms with Gasteiger partial charge in [-0.25, -0.2) is 4.68 Å². The molecule has 0 saturated carbocycles. The molecule has 2 unspecified atom stereocenters. The quantitative estimate of drug-likeness (QED) is 0.356. The SMILES string of the molecule is CSc1ccc(C(c2nnnn2C(C)c2ccccc2)N2CCN(C(=O)c3ccco3)CC2)s1. The molecule has 8 nitrogen and oxygen atoms in total. The first-order valence-electron chi connectivity index (χ1n) is 11.2. The average molecular weight is 495 g/mol. The van der Waals surface area contributed by atoms with Gasteiger partial charge in [-0.1, -0.05) is 30.3 Å². The van der Waals surface area contributed by atoms with Gasteiger partial charge in [0.1, 0.15) is 6.04 Å². The van der Waals surface area contributed by atoms with Gasteiger partial charge in [0.15, 0.2) is 11.6 Å². The number of carbonyl (C=O) groups is 1. The number of rotatable bonds is 7. The number of thiophene rings is 1. The second-order valence-electron chi connectivity index (χ2n) is 8.14. The molecule has 0 aliphatic carbocycles. The van der Waals surface area contributed by atoms with Gasteiger partial charge in [-0.3, -0.25) is 9.69 Å². The predicted molar refractivity (Wildman–Crippen MR) is 132 cm³/mol. The van der Waals surface area contributed by atoms with Crippen molar-refractivity contribution >= 4 is 29.0 Å². The lowest BCUT2D eigenvalue weighted by molar-refractivity contribution is 0.0561. The fourth-order valence-electron chi connectivity index (χ4n) is 4.33. The largest absolute Gasteiger partial charge is 0.459 e. The van der Waals surface area contributed by atoms with Crippen LogP contribution in [0.1, 0.15) is 45.8 Å². The fraction of sp³-hybridized carbons (Fsp3) is 0.333. The number of tetrazole rings is 1. The maximum absolute atomic E-state index is 12.8. The van der Waals surface area contributed by atoms with Gasteiger partial charge in [0.05, 0.1) is 16.5 Å². The summed E-state index contributed by atoms with van der Waals surface area (Å²) in [7, 11) is 0. The summed E-state index contributed by atoms with van der Waals surface area (Å²) in [5.41, 5.74) is 1.15. The van der Waals surface area contributed by atoms with Crippen LogP contribution in [0.3, 0.4) is 0 Å². The Morgan fingerprint density at radius 1 is 1.06 bits per heavy atom. The third-order valence-electron chi connectivity index (χ3n) is 6.18. The van der Waals surface area contributed by atoms with Crippen molar-refractivity contribution in [1.82, 2.24) is 30.0 Å². The number of benzene rings is 1. The molecule has 4 heterocycles. The smallest absolute Gasteiger partial charge is 0.289 e. The maximum Gasteiger partial charge on any atom is 0.289 e. The minimum Gasteiger partial charge on any atom is -0.459 e. The third-order valence-corrected chi connectivity index (χ3v) is 8.40. The van der Waals surface area contributed by atoms with Gasteiger partial charge in [0, 0.05) is 31.1 Å². The molecule has 3 aromatic heterocycles.